The van der Waals surface area contributed by atoms with Crippen molar-refractivity contribution in [2.45, 2.75) is 24.0 Å². The number of hydrogen-bond acceptors (Lipinski definition) is 4. The van der Waals surface area contributed by atoms with E-state index in [0.717, 1.165) is 16.2 Å². The van der Waals surface area contributed by atoms with Crippen molar-refractivity contribution in [1.82, 2.24) is 19.2 Å². The van der Waals surface area contributed by atoms with E-state index in [1.165, 1.54) is 41.4 Å². The molecule has 2 aromatic heterocycles. The quantitative estimate of drug-likeness (QED) is 0.403. The van der Waals surface area contributed by atoms with Crippen molar-refractivity contribution in [1.29, 1.82) is 0 Å². The number of halogens is 4. The summed E-state index contributed by atoms with van der Waals surface area (Å²) in [6.07, 6.45) is -1.53. The van der Waals surface area contributed by atoms with Crippen LogP contribution in [0.3, 0.4) is 0 Å². The summed E-state index contributed by atoms with van der Waals surface area (Å²) in [5.41, 5.74) is -0.305. The second-order valence-electron chi connectivity index (χ2n) is 6.48. The van der Waals surface area contributed by atoms with Crippen LogP contribution in [0.15, 0.2) is 64.8 Å². The van der Waals surface area contributed by atoms with Crippen LogP contribution in [0.2, 0.25) is 5.02 Å². The third-order valence-electron chi connectivity index (χ3n) is 4.62. The first-order valence-electron chi connectivity index (χ1n) is 8.77. The number of benzene rings is 2. The van der Waals surface area contributed by atoms with Gasteiger partial charge in [0.15, 0.2) is 5.16 Å². The van der Waals surface area contributed by atoms with E-state index in [4.69, 9.17) is 11.6 Å². The summed E-state index contributed by atoms with van der Waals surface area (Å²) in [6.45, 7) is 1.34. The van der Waals surface area contributed by atoms with Crippen LogP contribution in [-0.2, 0) is 11.9 Å². The average Bonchev–Trinajstić information content (AvgIpc) is 3.11. The van der Waals surface area contributed by atoms with Crippen molar-refractivity contribution in [3.8, 4) is 5.69 Å². The lowest BCUT2D eigenvalue weighted by Crippen LogP contribution is -2.22. The highest BCUT2D eigenvalue weighted by Gasteiger charge is 2.33. The molecule has 0 unspecified atom stereocenters. The smallest absolute Gasteiger partial charge is 0.279 e. The van der Waals surface area contributed by atoms with E-state index < -0.39 is 17.3 Å². The standard InChI is InChI=1S/C20H14ClF3N4OS/c1-12-14(20(22,23)24)6-4-8-16(12)27-9-10-28-17(18(27)29)25-26-19(28)30-11-13-5-2-3-7-15(13)21/h2-10H,11H2,1H3. The van der Waals surface area contributed by atoms with Gasteiger partial charge in [0.2, 0.25) is 5.65 Å². The van der Waals surface area contributed by atoms with Gasteiger partial charge in [0.1, 0.15) is 0 Å². The molecule has 2 heterocycles. The van der Waals surface area contributed by atoms with Gasteiger partial charge in [-0.15, -0.1) is 10.2 Å². The summed E-state index contributed by atoms with van der Waals surface area (Å²) >= 11 is 7.52. The molecule has 4 rings (SSSR count). The van der Waals surface area contributed by atoms with Gasteiger partial charge in [0.25, 0.3) is 0 Å². The number of nitrogens with zero attached hydrogens (tertiary/aromatic N) is 4. The van der Waals surface area contributed by atoms with Gasteiger partial charge in [-0.1, -0.05) is 47.6 Å². The predicted octanol–water partition coefficient (Wildman–Crippen LogP) is 5.15. The summed E-state index contributed by atoms with van der Waals surface area (Å²) in [6, 6.07) is 11.1. The second kappa shape index (κ2) is 7.81. The fourth-order valence-corrected chi connectivity index (χ4v) is 4.31. The maximum atomic E-state index is 13.2. The Labute approximate surface area is 178 Å². The molecule has 0 saturated heterocycles. The van der Waals surface area contributed by atoms with Gasteiger partial charge in [-0.3, -0.25) is 13.8 Å². The number of aromatic nitrogens is 4. The molecule has 0 N–H and O–H groups in total. The van der Waals surface area contributed by atoms with Crippen molar-refractivity contribution in [3.05, 3.63) is 86.9 Å². The zero-order chi connectivity index (χ0) is 21.5. The Morgan fingerprint density at radius 1 is 1.07 bits per heavy atom. The van der Waals surface area contributed by atoms with Crippen molar-refractivity contribution in [3.63, 3.8) is 0 Å². The van der Waals surface area contributed by atoms with Crippen LogP contribution in [0.4, 0.5) is 13.2 Å². The largest absolute Gasteiger partial charge is 0.416 e. The first-order chi connectivity index (χ1) is 14.3. The summed E-state index contributed by atoms with van der Waals surface area (Å²) in [5, 5.41) is 9.11. The fraction of sp³-hybridized carbons (Fsp3) is 0.150. The molecule has 0 spiro atoms. The Bertz CT molecular complexity index is 1300. The zero-order valence-electron chi connectivity index (χ0n) is 15.5. The lowest BCUT2D eigenvalue weighted by Gasteiger charge is -2.15. The molecule has 0 fully saturated rings. The van der Waals surface area contributed by atoms with Gasteiger partial charge < -0.3 is 0 Å². The normalized spacial score (nSPS) is 11.9. The van der Waals surface area contributed by atoms with E-state index in [2.05, 4.69) is 10.2 Å². The molecule has 0 aliphatic carbocycles. The van der Waals surface area contributed by atoms with Crippen LogP contribution in [0, 0.1) is 6.92 Å². The van der Waals surface area contributed by atoms with Gasteiger partial charge >= 0.3 is 11.7 Å². The molecule has 5 nitrogen and oxygen atoms in total. The lowest BCUT2D eigenvalue weighted by molar-refractivity contribution is -0.138. The van der Waals surface area contributed by atoms with Gasteiger partial charge in [-0.2, -0.15) is 13.2 Å². The van der Waals surface area contributed by atoms with Gasteiger partial charge in [-0.05, 0) is 36.2 Å². The summed E-state index contributed by atoms with van der Waals surface area (Å²) in [7, 11) is 0. The van der Waals surface area contributed by atoms with Crippen molar-refractivity contribution >= 4 is 29.0 Å². The van der Waals surface area contributed by atoms with Crippen LogP contribution >= 0.6 is 23.4 Å². The lowest BCUT2D eigenvalue weighted by atomic mass is 10.1. The molecule has 0 atom stereocenters. The molecule has 0 amide bonds. The Balaban J connectivity index is 1.72. The first kappa shape index (κ1) is 20.5. The third kappa shape index (κ3) is 3.70. The van der Waals surface area contributed by atoms with Gasteiger partial charge in [-0.25, -0.2) is 0 Å². The summed E-state index contributed by atoms with van der Waals surface area (Å²) in [5.74, 6) is 0.524. The maximum Gasteiger partial charge on any atom is 0.416 e. The molecule has 0 bridgehead atoms. The Hall–Kier alpha value is -2.78. The van der Waals surface area contributed by atoms with E-state index in [-0.39, 0.29) is 16.9 Å². The fourth-order valence-electron chi connectivity index (χ4n) is 3.10. The van der Waals surface area contributed by atoms with Crippen molar-refractivity contribution in [2.24, 2.45) is 0 Å². The second-order valence-corrected chi connectivity index (χ2v) is 7.83. The predicted molar refractivity (Wildman–Crippen MR) is 109 cm³/mol. The Kier molecular flexibility index (Phi) is 5.33. The van der Waals surface area contributed by atoms with E-state index in [1.807, 2.05) is 18.2 Å². The van der Waals surface area contributed by atoms with Gasteiger partial charge in [0, 0.05) is 23.2 Å². The van der Waals surface area contributed by atoms with E-state index in [1.54, 1.807) is 12.3 Å². The number of rotatable bonds is 4. The molecule has 10 heteroatoms. The molecule has 30 heavy (non-hydrogen) atoms. The average molecular weight is 451 g/mol. The third-order valence-corrected chi connectivity index (χ3v) is 5.98. The Morgan fingerprint density at radius 3 is 2.57 bits per heavy atom. The SMILES string of the molecule is Cc1c(-n2ccn3c(SCc4ccccc4Cl)nnc3c2=O)cccc1C(F)(F)F. The van der Waals surface area contributed by atoms with Crippen LogP contribution in [0.1, 0.15) is 16.7 Å². The molecular weight excluding hydrogens is 437 g/mol. The van der Waals surface area contributed by atoms with Crippen LogP contribution in [-0.4, -0.2) is 19.2 Å². The molecule has 0 aliphatic heterocycles. The van der Waals surface area contributed by atoms with Crippen LogP contribution in [0.5, 0.6) is 0 Å². The Morgan fingerprint density at radius 2 is 1.83 bits per heavy atom. The maximum absolute atomic E-state index is 13.2. The molecule has 154 valence electrons. The van der Waals surface area contributed by atoms with Crippen LogP contribution < -0.4 is 5.56 Å². The highest BCUT2D eigenvalue weighted by Crippen LogP contribution is 2.33. The topological polar surface area (TPSA) is 52.2 Å². The van der Waals surface area contributed by atoms with E-state index in [0.29, 0.717) is 15.9 Å². The minimum Gasteiger partial charge on any atom is -0.279 e. The highest BCUT2D eigenvalue weighted by molar-refractivity contribution is 7.98. The molecule has 0 saturated carbocycles. The van der Waals surface area contributed by atoms with E-state index >= 15 is 0 Å². The molecule has 4 aromatic rings. The minimum atomic E-state index is -4.51. The number of alkyl halides is 3. The number of hydrogen-bond donors (Lipinski definition) is 0. The zero-order valence-corrected chi connectivity index (χ0v) is 17.1. The molecule has 0 radical (unpaired) electrons. The molecule has 2 aromatic carbocycles. The monoisotopic (exact) mass is 450 g/mol. The van der Waals surface area contributed by atoms with Crippen molar-refractivity contribution < 1.29 is 13.2 Å². The minimum absolute atomic E-state index is 0.0240. The summed E-state index contributed by atoms with van der Waals surface area (Å²) < 4.78 is 42.4. The first-order valence-corrected chi connectivity index (χ1v) is 10.1. The van der Waals surface area contributed by atoms with Gasteiger partial charge in [0.05, 0.1) is 11.3 Å². The number of thioether (sulfide) groups is 1. The highest BCUT2D eigenvalue weighted by atomic mass is 35.5. The van der Waals surface area contributed by atoms with Crippen LogP contribution in [0.25, 0.3) is 11.3 Å². The molecule has 0 aliphatic rings. The van der Waals surface area contributed by atoms with Crippen molar-refractivity contribution in [2.75, 3.05) is 0 Å². The molecular formula is C20H14ClF3N4OS. The van der Waals surface area contributed by atoms with E-state index in [9.17, 15) is 18.0 Å². The summed E-state index contributed by atoms with van der Waals surface area (Å²) in [4.78, 5) is 12.9. The number of fused-ring (bicyclic) bond motifs is 1.